The highest BCUT2D eigenvalue weighted by molar-refractivity contribution is 6.02. The van der Waals surface area contributed by atoms with E-state index in [2.05, 4.69) is 39.4 Å². The summed E-state index contributed by atoms with van der Waals surface area (Å²) in [6.07, 6.45) is 2.99. The molecule has 0 atom stereocenters. The molecule has 0 saturated carbocycles. The van der Waals surface area contributed by atoms with E-state index < -0.39 is 6.61 Å². The zero-order valence-electron chi connectivity index (χ0n) is 17.0. The van der Waals surface area contributed by atoms with Crippen LogP contribution >= 0.6 is 0 Å². The van der Waals surface area contributed by atoms with Crippen LogP contribution in [0.25, 0.3) is 6.08 Å². The number of hydrogen-bond acceptors (Lipinski definition) is 3. The van der Waals surface area contributed by atoms with Crippen LogP contribution in [-0.4, -0.2) is 22.3 Å². The number of nitrogens with zero attached hydrogens (tertiary/aromatic N) is 2. The summed E-state index contributed by atoms with van der Waals surface area (Å²) < 4.78 is 30.5. The second-order valence-electron chi connectivity index (χ2n) is 6.96. The molecule has 30 heavy (non-hydrogen) atoms. The van der Waals surface area contributed by atoms with E-state index >= 15 is 0 Å². The SMILES string of the molecule is Cc1ccc(Cn2nc(C)c(NC(=O)/C=C\c3ccc(OC(F)F)cc3)c2C)cc1. The fourth-order valence-electron chi connectivity index (χ4n) is 3.00. The van der Waals surface area contributed by atoms with Crippen LogP contribution in [0.5, 0.6) is 5.75 Å². The topological polar surface area (TPSA) is 56.2 Å². The lowest BCUT2D eigenvalue weighted by Crippen LogP contribution is -2.10. The van der Waals surface area contributed by atoms with Crippen molar-refractivity contribution in [3.63, 3.8) is 0 Å². The van der Waals surface area contributed by atoms with Crippen molar-refractivity contribution in [1.82, 2.24) is 9.78 Å². The summed E-state index contributed by atoms with van der Waals surface area (Å²) in [5.74, 6) is -0.233. The summed E-state index contributed by atoms with van der Waals surface area (Å²) in [6.45, 7) is 3.55. The number of carbonyl (C=O) groups is 1. The largest absolute Gasteiger partial charge is 0.435 e. The van der Waals surface area contributed by atoms with E-state index in [4.69, 9.17) is 0 Å². The number of benzene rings is 2. The summed E-state index contributed by atoms with van der Waals surface area (Å²) >= 11 is 0. The van der Waals surface area contributed by atoms with E-state index in [9.17, 15) is 13.6 Å². The smallest absolute Gasteiger partial charge is 0.387 e. The molecule has 1 aromatic heterocycles. The number of halogens is 2. The fraction of sp³-hybridized carbons (Fsp3) is 0.217. The van der Waals surface area contributed by atoms with Crippen molar-refractivity contribution in [2.24, 2.45) is 0 Å². The van der Waals surface area contributed by atoms with Crippen molar-refractivity contribution in [3.8, 4) is 5.75 Å². The average molecular weight is 411 g/mol. The molecule has 0 aliphatic heterocycles. The highest BCUT2D eigenvalue weighted by atomic mass is 19.3. The minimum absolute atomic E-state index is 0.0684. The van der Waals surface area contributed by atoms with Crippen LogP contribution in [0.1, 0.15) is 28.1 Å². The minimum Gasteiger partial charge on any atom is -0.435 e. The third-order valence-electron chi connectivity index (χ3n) is 4.62. The molecule has 2 aromatic carbocycles. The maximum atomic E-state index is 12.3. The molecule has 0 aliphatic carbocycles. The highest BCUT2D eigenvalue weighted by Gasteiger charge is 2.13. The van der Waals surface area contributed by atoms with Crippen molar-refractivity contribution >= 4 is 17.7 Å². The second kappa shape index (κ2) is 9.35. The van der Waals surface area contributed by atoms with E-state index in [1.54, 1.807) is 18.2 Å². The second-order valence-corrected chi connectivity index (χ2v) is 6.96. The summed E-state index contributed by atoms with van der Waals surface area (Å²) in [4.78, 5) is 12.3. The van der Waals surface area contributed by atoms with Crippen LogP contribution in [0.4, 0.5) is 14.5 Å². The molecule has 7 heteroatoms. The molecule has 0 radical (unpaired) electrons. The Hall–Kier alpha value is -3.48. The fourth-order valence-corrected chi connectivity index (χ4v) is 3.00. The van der Waals surface area contributed by atoms with Gasteiger partial charge in [0, 0.05) is 6.08 Å². The lowest BCUT2D eigenvalue weighted by atomic mass is 10.1. The molecule has 1 heterocycles. The molecule has 0 fully saturated rings. The van der Waals surface area contributed by atoms with Gasteiger partial charge in [-0.25, -0.2) is 0 Å². The number of anilines is 1. The molecule has 0 unspecified atom stereocenters. The maximum Gasteiger partial charge on any atom is 0.387 e. The van der Waals surface area contributed by atoms with Crippen molar-refractivity contribution in [2.45, 2.75) is 33.9 Å². The first-order chi connectivity index (χ1) is 14.3. The van der Waals surface area contributed by atoms with Crippen LogP contribution in [0.2, 0.25) is 0 Å². The van der Waals surface area contributed by atoms with Gasteiger partial charge >= 0.3 is 6.61 Å². The number of alkyl halides is 2. The molecule has 0 bridgehead atoms. The summed E-state index contributed by atoms with van der Waals surface area (Å²) in [5.41, 5.74) is 5.29. The molecule has 156 valence electrons. The average Bonchev–Trinajstić information content (AvgIpc) is 2.96. The van der Waals surface area contributed by atoms with Gasteiger partial charge in [0.1, 0.15) is 5.75 Å². The Labute approximate surface area is 174 Å². The standard InChI is InChI=1S/C23H23F2N3O2/c1-15-4-6-19(7-5-15)14-28-17(3)22(16(2)27-28)26-21(29)13-10-18-8-11-20(12-9-18)30-23(24)25/h4-13,23H,14H2,1-3H3,(H,26,29)/b13-10-. The normalized spacial score (nSPS) is 11.3. The number of rotatable bonds is 7. The monoisotopic (exact) mass is 411 g/mol. The van der Waals surface area contributed by atoms with E-state index in [1.807, 2.05) is 25.5 Å². The lowest BCUT2D eigenvalue weighted by molar-refractivity contribution is -0.111. The van der Waals surface area contributed by atoms with Crippen molar-refractivity contribution in [1.29, 1.82) is 0 Å². The third-order valence-corrected chi connectivity index (χ3v) is 4.62. The van der Waals surface area contributed by atoms with E-state index in [0.717, 1.165) is 17.0 Å². The van der Waals surface area contributed by atoms with Gasteiger partial charge in [0.15, 0.2) is 0 Å². The molecule has 1 N–H and O–H groups in total. The van der Waals surface area contributed by atoms with Gasteiger partial charge in [-0.3, -0.25) is 9.48 Å². The number of ether oxygens (including phenoxy) is 1. The summed E-state index contributed by atoms with van der Waals surface area (Å²) in [5, 5.41) is 7.40. The Morgan fingerprint density at radius 3 is 2.40 bits per heavy atom. The molecule has 5 nitrogen and oxygen atoms in total. The number of hydrogen-bond donors (Lipinski definition) is 1. The van der Waals surface area contributed by atoms with Crippen molar-refractivity contribution < 1.29 is 18.3 Å². The quantitative estimate of drug-likeness (QED) is 0.550. The molecule has 3 rings (SSSR count). The Balaban J connectivity index is 1.65. The first-order valence-corrected chi connectivity index (χ1v) is 9.45. The Morgan fingerprint density at radius 1 is 1.10 bits per heavy atom. The molecule has 0 aliphatic rings. The predicted octanol–water partition coefficient (Wildman–Crippen LogP) is 5.11. The van der Waals surface area contributed by atoms with Gasteiger partial charge in [-0.05, 0) is 50.1 Å². The third kappa shape index (κ3) is 5.53. The summed E-state index contributed by atoms with van der Waals surface area (Å²) in [6, 6.07) is 14.3. The van der Waals surface area contributed by atoms with Gasteiger partial charge in [-0.1, -0.05) is 42.0 Å². The number of carbonyl (C=O) groups excluding carboxylic acids is 1. The van der Waals surface area contributed by atoms with Crippen molar-refractivity contribution in [2.75, 3.05) is 5.32 Å². The Morgan fingerprint density at radius 2 is 1.77 bits per heavy atom. The number of nitrogens with one attached hydrogen (secondary N) is 1. The van der Waals surface area contributed by atoms with Gasteiger partial charge in [0.2, 0.25) is 5.91 Å². The van der Waals surface area contributed by atoms with Crippen LogP contribution in [0.3, 0.4) is 0 Å². The first kappa shape index (κ1) is 21.2. The predicted molar refractivity (Wildman–Crippen MR) is 113 cm³/mol. The van der Waals surface area contributed by atoms with Crippen LogP contribution in [0, 0.1) is 20.8 Å². The summed E-state index contributed by atoms with van der Waals surface area (Å²) in [7, 11) is 0. The van der Waals surface area contributed by atoms with Crippen LogP contribution in [0.15, 0.2) is 54.6 Å². The van der Waals surface area contributed by atoms with E-state index in [0.29, 0.717) is 17.8 Å². The number of amides is 1. The molecule has 0 saturated heterocycles. The number of aromatic nitrogens is 2. The highest BCUT2D eigenvalue weighted by Crippen LogP contribution is 2.21. The maximum absolute atomic E-state index is 12.3. The van der Waals surface area contributed by atoms with Gasteiger partial charge in [0.25, 0.3) is 0 Å². The molecule has 0 spiro atoms. The molecular formula is C23H23F2N3O2. The van der Waals surface area contributed by atoms with Crippen LogP contribution in [-0.2, 0) is 11.3 Å². The van der Waals surface area contributed by atoms with E-state index in [1.165, 1.54) is 23.8 Å². The Kier molecular flexibility index (Phi) is 6.61. The van der Waals surface area contributed by atoms with Crippen LogP contribution < -0.4 is 10.1 Å². The van der Waals surface area contributed by atoms with Gasteiger partial charge in [-0.2, -0.15) is 13.9 Å². The molecule has 1 amide bonds. The van der Waals surface area contributed by atoms with Gasteiger partial charge < -0.3 is 10.1 Å². The zero-order chi connectivity index (χ0) is 21.7. The number of aryl methyl sites for hydroxylation is 2. The van der Waals surface area contributed by atoms with Gasteiger partial charge in [0.05, 0.1) is 23.6 Å². The molecular weight excluding hydrogens is 388 g/mol. The first-order valence-electron chi connectivity index (χ1n) is 9.45. The molecule has 3 aromatic rings. The van der Waals surface area contributed by atoms with E-state index in [-0.39, 0.29) is 11.7 Å². The lowest BCUT2D eigenvalue weighted by Gasteiger charge is -2.07. The van der Waals surface area contributed by atoms with Crippen molar-refractivity contribution in [3.05, 3.63) is 82.7 Å². The Bertz CT molecular complexity index is 1040. The minimum atomic E-state index is -2.87. The zero-order valence-corrected chi connectivity index (χ0v) is 17.0. The van der Waals surface area contributed by atoms with Gasteiger partial charge in [-0.15, -0.1) is 0 Å².